The SMILES string of the molecule is CCOc1ccccc1OCC(=O)NCC1CCCc2ccccc21. The highest BCUT2D eigenvalue weighted by Crippen LogP contribution is 2.31. The van der Waals surface area contributed by atoms with Gasteiger partial charge in [-0.1, -0.05) is 36.4 Å². The molecule has 1 aliphatic rings. The summed E-state index contributed by atoms with van der Waals surface area (Å²) >= 11 is 0. The summed E-state index contributed by atoms with van der Waals surface area (Å²) in [5.74, 6) is 1.56. The number of ether oxygens (including phenoxy) is 2. The van der Waals surface area contributed by atoms with Crippen molar-refractivity contribution in [3.63, 3.8) is 0 Å². The molecule has 4 nitrogen and oxygen atoms in total. The molecule has 2 aromatic carbocycles. The number of nitrogens with one attached hydrogen (secondary N) is 1. The summed E-state index contributed by atoms with van der Waals surface area (Å²) in [5, 5.41) is 3.01. The second-order valence-electron chi connectivity index (χ2n) is 6.26. The van der Waals surface area contributed by atoms with Gasteiger partial charge in [0.05, 0.1) is 6.61 Å². The number of para-hydroxylation sites is 2. The average molecular weight is 339 g/mol. The Hall–Kier alpha value is -2.49. The molecule has 1 N–H and O–H groups in total. The Bertz CT molecular complexity index is 714. The summed E-state index contributed by atoms with van der Waals surface area (Å²) in [6.45, 7) is 3.14. The molecule has 1 unspecified atom stereocenters. The molecule has 0 spiro atoms. The van der Waals surface area contributed by atoms with Crippen LogP contribution in [0.1, 0.15) is 36.8 Å². The van der Waals surface area contributed by atoms with Crippen LogP contribution in [0, 0.1) is 0 Å². The van der Waals surface area contributed by atoms with Crippen LogP contribution in [-0.4, -0.2) is 25.7 Å². The van der Waals surface area contributed by atoms with Crippen LogP contribution in [-0.2, 0) is 11.2 Å². The first kappa shape index (κ1) is 17.3. The molecule has 0 saturated heterocycles. The van der Waals surface area contributed by atoms with Crippen LogP contribution in [0.3, 0.4) is 0 Å². The minimum Gasteiger partial charge on any atom is -0.490 e. The first-order valence-corrected chi connectivity index (χ1v) is 8.97. The summed E-state index contributed by atoms with van der Waals surface area (Å²) in [5.41, 5.74) is 2.78. The van der Waals surface area contributed by atoms with Crippen LogP contribution in [0.2, 0.25) is 0 Å². The Kier molecular flexibility index (Phi) is 5.94. The van der Waals surface area contributed by atoms with Crippen molar-refractivity contribution in [1.82, 2.24) is 5.32 Å². The van der Waals surface area contributed by atoms with Crippen molar-refractivity contribution in [3.8, 4) is 11.5 Å². The summed E-state index contributed by atoms with van der Waals surface area (Å²) in [6.07, 6.45) is 3.43. The normalized spacial score (nSPS) is 16.0. The minimum atomic E-state index is -0.102. The minimum absolute atomic E-state index is 0.00153. The fourth-order valence-corrected chi connectivity index (χ4v) is 3.34. The first-order valence-electron chi connectivity index (χ1n) is 8.97. The van der Waals surface area contributed by atoms with E-state index in [-0.39, 0.29) is 12.5 Å². The van der Waals surface area contributed by atoms with Gasteiger partial charge in [0.1, 0.15) is 0 Å². The third kappa shape index (κ3) is 4.53. The maximum absolute atomic E-state index is 12.2. The zero-order valence-electron chi connectivity index (χ0n) is 14.7. The van der Waals surface area contributed by atoms with Gasteiger partial charge in [-0.15, -0.1) is 0 Å². The lowest BCUT2D eigenvalue weighted by Crippen LogP contribution is -2.33. The Morgan fingerprint density at radius 3 is 2.60 bits per heavy atom. The van der Waals surface area contributed by atoms with Crippen molar-refractivity contribution in [2.24, 2.45) is 0 Å². The number of rotatable bonds is 7. The molecule has 1 aliphatic carbocycles. The maximum Gasteiger partial charge on any atom is 0.257 e. The third-order valence-corrected chi connectivity index (χ3v) is 4.55. The Morgan fingerprint density at radius 1 is 1.08 bits per heavy atom. The van der Waals surface area contributed by atoms with E-state index < -0.39 is 0 Å². The molecule has 0 aliphatic heterocycles. The Balaban J connectivity index is 1.51. The van der Waals surface area contributed by atoms with Gasteiger partial charge in [0.2, 0.25) is 0 Å². The van der Waals surface area contributed by atoms with Crippen molar-refractivity contribution in [1.29, 1.82) is 0 Å². The number of carbonyl (C=O) groups is 1. The van der Waals surface area contributed by atoms with Crippen LogP contribution in [0.25, 0.3) is 0 Å². The third-order valence-electron chi connectivity index (χ3n) is 4.55. The standard InChI is InChI=1S/C21H25NO3/c1-2-24-19-12-5-6-13-20(19)25-15-21(23)22-14-17-10-7-9-16-8-3-4-11-18(16)17/h3-6,8,11-13,17H,2,7,9-10,14-15H2,1H3,(H,22,23). The van der Waals surface area contributed by atoms with Gasteiger partial charge >= 0.3 is 0 Å². The lowest BCUT2D eigenvalue weighted by molar-refractivity contribution is -0.123. The molecule has 25 heavy (non-hydrogen) atoms. The predicted octanol–water partition coefficient (Wildman–Crippen LogP) is 3.70. The highest BCUT2D eigenvalue weighted by Gasteiger charge is 2.20. The van der Waals surface area contributed by atoms with Crippen LogP contribution >= 0.6 is 0 Å². The predicted molar refractivity (Wildman–Crippen MR) is 98.2 cm³/mol. The fraction of sp³-hybridized carbons (Fsp3) is 0.381. The molecule has 1 atom stereocenters. The second kappa shape index (κ2) is 8.56. The van der Waals surface area contributed by atoms with Gasteiger partial charge in [0.25, 0.3) is 5.91 Å². The van der Waals surface area contributed by atoms with Gasteiger partial charge in [0.15, 0.2) is 18.1 Å². The number of fused-ring (bicyclic) bond motifs is 1. The highest BCUT2D eigenvalue weighted by atomic mass is 16.5. The van der Waals surface area contributed by atoms with E-state index in [1.165, 1.54) is 17.5 Å². The van der Waals surface area contributed by atoms with Gasteiger partial charge in [-0.3, -0.25) is 4.79 Å². The van der Waals surface area contributed by atoms with Crippen molar-refractivity contribution in [2.75, 3.05) is 19.8 Å². The van der Waals surface area contributed by atoms with E-state index >= 15 is 0 Å². The molecular formula is C21H25NO3. The van der Waals surface area contributed by atoms with Crippen LogP contribution < -0.4 is 14.8 Å². The van der Waals surface area contributed by atoms with Crippen LogP contribution in [0.4, 0.5) is 0 Å². The molecule has 0 heterocycles. The molecule has 2 aromatic rings. The van der Waals surface area contributed by atoms with Gasteiger partial charge in [-0.2, -0.15) is 0 Å². The molecule has 1 amide bonds. The Labute approximate surface area is 149 Å². The average Bonchev–Trinajstić information content (AvgIpc) is 2.66. The van der Waals surface area contributed by atoms with Crippen molar-refractivity contribution >= 4 is 5.91 Å². The van der Waals surface area contributed by atoms with Gasteiger partial charge in [-0.25, -0.2) is 0 Å². The molecule has 0 radical (unpaired) electrons. The van der Waals surface area contributed by atoms with E-state index in [0.29, 0.717) is 30.6 Å². The summed E-state index contributed by atoms with van der Waals surface area (Å²) in [7, 11) is 0. The summed E-state index contributed by atoms with van der Waals surface area (Å²) in [4.78, 5) is 12.2. The molecule has 0 bridgehead atoms. The van der Waals surface area contributed by atoms with E-state index in [4.69, 9.17) is 9.47 Å². The van der Waals surface area contributed by atoms with Gasteiger partial charge in [-0.05, 0) is 49.4 Å². The summed E-state index contributed by atoms with van der Waals surface area (Å²) in [6, 6.07) is 16.0. The number of carbonyl (C=O) groups excluding carboxylic acids is 1. The van der Waals surface area contributed by atoms with E-state index in [1.54, 1.807) is 0 Å². The van der Waals surface area contributed by atoms with E-state index in [9.17, 15) is 4.79 Å². The maximum atomic E-state index is 12.2. The molecule has 4 heteroatoms. The first-order chi connectivity index (χ1) is 12.3. The molecule has 0 saturated carbocycles. The molecule has 0 fully saturated rings. The Morgan fingerprint density at radius 2 is 1.80 bits per heavy atom. The number of hydrogen-bond donors (Lipinski definition) is 1. The number of amides is 1. The molecule has 3 rings (SSSR count). The monoisotopic (exact) mass is 339 g/mol. The van der Waals surface area contributed by atoms with Crippen molar-refractivity contribution in [3.05, 3.63) is 59.7 Å². The topological polar surface area (TPSA) is 47.6 Å². The number of aryl methyl sites for hydroxylation is 1. The molecule has 0 aromatic heterocycles. The largest absolute Gasteiger partial charge is 0.490 e. The van der Waals surface area contributed by atoms with Crippen molar-refractivity contribution < 1.29 is 14.3 Å². The zero-order valence-corrected chi connectivity index (χ0v) is 14.7. The van der Waals surface area contributed by atoms with Gasteiger partial charge < -0.3 is 14.8 Å². The fourth-order valence-electron chi connectivity index (χ4n) is 3.34. The van der Waals surface area contributed by atoms with Crippen LogP contribution in [0.15, 0.2) is 48.5 Å². The van der Waals surface area contributed by atoms with Crippen molar-refractivity contribution in [2.45, 2.75) is 32.1 Å². The lowest BCUT2D eigenvalue weighted by atomic mass is 9.83. The number of benzene rings is 2. The number of hydrogen-bond acceptors (Lipinski definition) is 3. The molecular weight excluding hydrogens is 314 g/mol. The zero-order chi connectivity index (χ0) is 17.5. The van der Waals surface area contributed by atoms with E-state index in [2.05, 4.69) is 29.6 Å². The molecule has 132 valence electrons. The van der Waals surface area contributed by atoms with E-state index in [0.717, 1.165) is 12.8 Å². The second-order valence-corrected chi connectivity index (χ2v) is 6.26. The smallest absolute Gasteiger partial charge is 0.257 e. The van der Waals surface area contributed by atoms with Gasteiger partial charge in [0, 0.05) is 12.5 Å². The summed E-state index contributed by atoms with van der Waals surface area (Å²) < 4.78 is 11.1. The van der Waals surface area contributed by atoms with Crippen LogP contribution in [0.5, 0.6) is 11.5 Å². The highest BCUT2D eigenvalue weighted by molar-refractivity contribution is 5.77. The quantitative estimate of drug-likeness (QED) is 0.837. The lowest BCUT2D eigenvalue weighted by Gasteiger charge is -2.25. The van der Waals surface area contributed by atoms with E-state index in [1.807, 2.05) is 31.2 Å².